The molecule has 1 aliphatic rings. The topological polar surface area (TPSA) is 61.9 Å². The van der Waals surface area contributed by atoms with Crippen molar-refractivity contribution in [1.82, 2.24) is 15.1 Å². The zero-order chi connectivity index (χ0) is 20.8. The maximum atomic E-state index is 13.5. The van der Waals surface area contributed by atoms with E-state index in [1.807, 2.05) is 0 Å². The fourth-order valence-electron chi connectivity index (χ4n) is 3.27. The first-order valence-corrected chi connectivity index (χ1v) is 9.70. The third kappa shape index (κ3) is 5.68. The van der Waals surface area contributed by atoms with Crippen molar-refractivity contribution in [1.29, 1.82) is 0 Å². The summed E-state index contributed by atoms with van der Waals surface area (Å²) in [4.78, 5) is 28.4. The van der Waals surface area contributed by atoms with Crippen LogP contribution < -0.4 is 10.1 Å². The van der Waals surface area contributed by atoms with Gasteiger partial charge in [-0.05, 0) is 36.4 Å². The van der Waals surface area contributed by atoms with E-state index in [1.54, 1.807) is 42.3 Å². The summed E-state index contributed by atoms with van der Waals surface area (Å²) >= 11 is 5.88. The number of carbonyl (C=O) groups excluding carboxylic acids is 2. The molecule has 2 aromatic carbocycles. The van der Waals surface area contributed by atoms with E-state index < -0.39 is 0 Å². The van der Waals surface area contributed by atoms with Gasteiger partial charge in [0, 0.05) is 48.9 Å². The van der Waals surface area contributed by atoms with Crippen LogP contribution in [0.4, 0.5) is 4.39 Å². The molecule has 0 unspecified atom stereocenters. The van der Waals surface area contributed by atoms with Gasteiger partial charge in [-0.2, -0.15) is 0 Å². The van der Waals surface area contributed by atoms with Gasteiger partial charge in [-0.3, -0.25) is 14.5 Å². The lowest BCUT2D eigenvalue weighted by atomic mass is 10.1. The summed E-state index contributed by atoms with van der Waals surface area (Å²) < 4.78 is 18.8. The largest absolute Gasteiger partial charge is 0.496 e. The van der Waals surface area contributed by atoms with Crippen LogP contribution in [-0.4, -0.2) is 61.4 Å². The average molecular weight is 420 g/mol. The van der Waals surface area contributed by atoms with E-state index in [9.17, 15) is 14.0 Å². The molecule has 0 atom stereocenters. The number of ether oxygens (including phenoxy) is 1. The normalized spacial score (nSPS) is 14.5. The summed E-state index contributed by atoms with van der Waals surface area (Å²) in [5, 5.41) is 3.10. The summed E-state index contributed by atoms with van der Waals surface area (Å²) in [6.07, 6.45) is 0. The third-order valence-corrected chi connectivity index (χ3v) is 5.08. The van der Waals surface area contributed by atoms with Crippen molar-refractivity contribution in [3.8, 4) is 5.75 Å². The van der Waals surface area contributed by atoms with E-state index in [1.165, 1.54) is 12.1 Å². The number of hydrogen-bond donors (Lipinski definition) is 1. The quantitative estimate of drug-likeness (QED) is 0.781. The molecule has 1 aliphatic heterocycles. The molecular weight excluding hydrogens is 397 g/mol. The number of carbonyl (C=O) groups is 2. The Balaban J connectivity index is 1.47. The van der Waals surface area contributed by atoms with Gasteiger partial charge >= 0.3 is 0 Å². The van der Waals surface area contributed by atoms with Gasteiger partial charge in [0.1, 0.15) is 11.6 Å². The van der Waals surface area contributed by atoms with Gasteiger partial charge in [0.2, 0.25) is 5.91 Å². The number of nitrogens with one attached hydrogen (secondary N) is 1. The van der Waals surface area contributed by atoms with Crippen LogP contribution in [0.5, 0.6) is 5.75 Å². The summed E-state index contributed by atoms with van der Waals surface area (Å²) in [6.45, 7) is 2.89. The molecule has 29 heavy (non-hydrogen) atoms. The maximum absolute atomic E-state index is 13.5. The van der Waals surface area contributed by atoms with Crippen molar-refractivity contribution in [3.63, 3.8) is 0 Å². The van der Waals surface area contributed by atoms with Crippen LogP contribution in [0.1, 0.15) is 15.9 Å². The van der Waals surface area contributed by atoms with Crippen LogP contribution in [0.25, 0.3) is 0 Å². The Hall–Kier alpha value is -2.64. The standard InChI is InChI=1S/C21H23ClFN3O3/c1-29-19-6-5-18(23)12-16(19)14-25-7-9-26(10-8-25)20(27)13-24-21(28)15-3-2-4-17(22)11-15/h2-6,11-12H,7-10,13-14H2,1H3,(H,24,28). The molecule has 1 fully saturated rings. The smallest absolute Gasteiger partial charge is 0.251 e. The minimum absolute atomic E-state index is 0.0664. The Morgan fingerprint density at radius 1 is 1.14 bits per heavy atom. The van der Waals surface area contributed by atoms with Crippen molar-refractivity contribution in [2.24, 2.45) is 0 Å². The van der Waals surface area contributed by atoms with Crippen molar-refractivity contribution in [2.45, 2.75) is 6.54 Å². The second kappa shape index (κ2) is 9.71. The van der Waals surface area contributed by atoms with E-state index >= 15 is 0 Å². The van der Waals surface area contributed by atoms with Crippen LogP contribution >= 0.6 is 11.6 Å². The summed E-state index contributed by atoms with van der Waals surface area (Å²) in [5.74, 6) is -0.125. The molecule has 2 amide bonds. The van der Waals surface area contributed by atoms with Crippen LogP contribution in [0.3, 0.4) is 0 Å². The molecule has 3 rings (SSSR count). The zero-order valence-electron chi connectivity index (χ0n) is 16.2. The van der Waals surface area contributed by atoms with Crippen molar-refractivity contribution in [3.05, 3.63) is 64.4 Å². The van der Waals surface area contributed by atoms with E-state index in [0.29, 0.717) is 49.1 Å². The molecule has 0 bridgehead atoms. The number of benzene rings is 2. The highest BCUT2D eigenvalue weighted by molar-refractivity contribution is 6.30. The lowest BCUT2D eigenvalue weighted by molar-refractivity contribution is -0.131. The summed E-state index contributed by atoms with van der Waals surface area (Å²) in [7, 11) is 1.56. The van der Waals surface area contributed by atoms with Gasteiger partial charge in [-0.1, -0.05) is 17.7 Å². The van der Waals surface area contributed by atoms with E-state index in [2.05, 4.69) is 10.2 Å². The Kier molecular flexibility index (Phi) is 7.06. The Morgan fingerprint density at radius 3 is 2.59 bits per heavy atom. The molecular formula is C21H23ClFN3O3. The van der Waals surface area contributed by atoms with Gasteiger partial charge in [0.05, 0.1) is 13.7 Å². The highest BCUT2D eigenvalue weighted by atomic mass is 35.5. The maximum Gasteiger partial charge on any atom is 0.251 e. The molecule has 8 heteroatoms. The van der Waals surface area contributed by atoms with Gasteiger partial charge in [-0.25, -0.2) is 4.39 Å². The summed E-state index contributed by atoms with van der Waals surface area (Å²) in [6, 6.07) is 11.0. The van der Waals surface area contributed by atoms with Gasteiger partial charge < -0.3 is 15.0 Å². The van der Waals surface area contributed by atoms with Crippen molar-refractivity contribution in [2.75, 3.05) is 39.8 Å². The molecule has 0 aliphatic carbocycles. The van der Waals surface area contributed by atoms with Crippen molar-refractivity contribution >= 4 is 23.4 Å². The Labute approximate surface area is 174 Å². The average Bonchev–Trinajstić information content (AvgIpc) is 2.72. The lowest BCUT2D eigenvalue weighted by Gasteiger charge is -2.35. The predicted molar refractivity (Wildman–Crippen MR) is 109 cm³/mol. The highest BCUT2D eigenvalue weighted by Crippen LogP contribution is 2.21. The highest BCUT2D eigenvalue weighted by Gasteiger charge is 2.22. The van der Waals surface area contributed by atoms with Crippen LogP contribution in [0.15, 0.2) is 42.5 Å². The molecule has 154 valence electrons. The number of halogens is 2. The van der Waals surface area contributed by atoms with Crippen LogP contribution in [-0.2, 0) is 11.3 Å². The molecule has 0 radical (unpaired) electrons. The second-order valence-corrected chi connectivity index (χ2v) is 7.24. The SMILES string of the molecule is COc1ccc(F)cc1CN1CCN(C(=O)CNC(=O)c2cccc(Cl)c2)CC1. The Bertz CT molecular complexity index is 885. The predicted octanol–water partition coefficient (Wildman–Crippen LogP) is 2.56. The third-order valence-electron chi connectivity index (χ3n) is 4.85. The van der Waals surface area contributed by atoms with E-state index in [0.717, 1.165) is 5.56 Å². The number of piperazine rings is 1. The lowest BCUT2D eigenvalue weighted by Crippen LogP contribution is -2.50. The molecule has 1 N–H and O–H groups in total. The first kappa shape index (κ1) is 21.1. The monoisotopic (exact) mass is 419 g/mol. The number of amides is 2. The second-order valence-electron chi connectivity index (χ2n) is 6.81. The number of methoxy groups -OCH3 is 1. The van der Waals surface area contributed by atoms with Crippen LogP contribution in [0.2, 0.25) is 5.02 Å². The fraction of sp³-hybridized carbons (Fsp3) is 0.333. The zero-order valence-corrected chi connectivity index (χ0v) is 16.9. The molecule has 6 nitrogen and oxygen atoms in total. The van der Waals surface area contributed by atoms with Gasteiger partial charge in [-0.15, -0.1) is 0 Å². The van der Waals surface area contributed by atoms with Gasteiger partial charge in [0.25, 0.3) is 5.91 Å². The van der Waals surface area contributed by atoms with E-state index in [4.69, 9.17) is 16.3 Å². The molecule has 0 aromatic heterocycles. The molecule has 1 saturated heterocycles. The summed E-state index contributed by atoms with van der Waals surface area (Å²) in [5.41, 5.74) is 1.19. The molecule has 1 heterocycles. The number of rotatable bonds is 6. The number of hydrogen-bond acceptors (Lipinski definition) is 4. The van der Waals surface area contributed by atoms with Crippen molar-refractivity contribution < 1.29 is 18.7 Å². The molecule has 2 aromatic rings. The minimum atomic E-state index is -0.335. The Morgan fingerprint density at radius 2 is 1.90 bits per heavy atom. The van der Waals surface area contributed by atoms with Crippen LogP contribution in [0, 0.1) is 5.82 Å². The van der Waals surface area contributed by atoms with Gasteiger partial charge in [0.15, 0.2) is 0 Å². The van der Waals surface area contributed by atoms with E-state index in [-0.39, 0.29) is 24.2 Å². The first-order valence-electron chi connectivity index (χ1n) is 9.32. The fourth-order valence-corrected chi connectivity index (χ4v) is 3.46. The first-order chi connectivity index (χ1) is 14.0. The minimum Gasteiger partial charge on any atom is -0.496 e. The molecule has 0 saturated carbocycles. The number of nitrogens with zero attached hydrogens (tertiary/aromatic N) is 2. The molecule has 0 spiro atoms.